The van der Waals surface area contributed by atoms with Crippen molar-refractivity contribution in [2.75, 3.05) is 0 Å². The summed E-state index contributed by atoms with van der Waals surface area (Å²) in [6.07, 6.45) is 1.71. The molecule has 0 aliphatic heterocycles. The number of carbonyl (C=O) groups is 1. The van der Waals surface area contributed by atoms with Crippen molar-refractivity contribution in [3.05, 3.63) is 23.9 Å². The smallest absolute Gasteiger partial charge is 0.237 e. The maximum Gasteiger partial charge on any atom is 0.237 e. The van der Waals surface area contributed by atoms with Crippen LogP contribution in [0.15, 0.2) is 18.3 Å². The molecule has 0 radical (unpaired) electrons. The highest BCUT2D eigenvalue weighted by Gasteiger charge is 2.17. The SMILES string of the molecule is CC(C)Oc1ncccc1CNC(=O)[C@@H](N)C(C)C. The minimum Gasteiger partial charge on any atom is -0.475 e. The lowest BCUT2D eigenvalue weighted by atomic mass is 10.1. The van der Waals surface area contributed by atoms with Gasteiger partial charge in [-0.25, -0.2) is 4.98 Å². The third-order valence-corrected chi connectivity index (χ3v) is 2.67. The molecule has 0 saturated carbocycles. The molecule has 0 saturated heterocycles. The summed E-state index contributed by atoms with van der Waals surface area (Å²) >= 11 is 0. The van der Waals surface area contributed by atoms with Gasteiger partial charge in [0.1, 0.15) is 0 Å². The fourth-order valence-electron chi connectivity index (χ4n) is 1.49. The number of hydrogen-bond acceptors (Lipinski definition) is 4. The van der Waals surface area contributed by atoms with Gasteiger partial charge in [-0.15, -0.1) is 0 Å². The molecule has 5 heteroatoms. The van der Waals surface area contributed by atoms with Crippen LogP contribution >= 0.6 is 0 Å². The van der Waals surface area contributed by atoms with E-state index in [9.17, 15) is 4.79 Å². The van der Waals surface area contributed by atoms with Crippen molar-refractivity contribution in [1.29, 1.82) is 0 Å². The zero-order valence-corrected chi connectivity index (χ0v) is 12.0. The number of hydrogen-bond donors (Lipinski definition) is 2. The minimum atomic E-state index is -0.494. The monoisotopic (exact) mass is 265 g/mol. The molecule has 1 rings (SSSR count). The van der Waals surface area contributed by atoms with Gasteiger partial charge in [-0.05, 0) is 25.8 Å². The molecule has 1 heterocycles. The summed E-state index contributed by atoms with van der Waals surface area (Å²) in [5, 5.41) is 2.81. The predicted octanol–water partition coefficient (Wildman–Crippen LogP) is 1.47. The Morgan fingerprint density at radius 1 is 1.42 bits per heavy atom. The molecule has 0 spiro atoms. The Labute approximate surface area is 114 Å². The standard InChI is InChI=1S/C14H23N3O2/c1-9(2)12(15)13(18)17-8-11-6-5-7-16-14(11)19-10(3)4/h5-7,9-10,12H,8,15H2,1-4H3,(H,17,18)/t12-/m0/s1. The molecule has 0 aliphatic rings. The van der Waals surface area contributed by atoms with Crippen LogP contribution < -0.4 is 15.8 Å². The highest BCUT2D eigenvalue weighted by atomic mass is 16.5. The van der Waals surface area contributed by atoms with Crippen LogP contribution in [0.2, 0.25) is 0 Å². The van der Waals surface area contributed by atoms with Gasteiger partial charge in [-0.3, -0.25) is 4.79 Å². The van der Waals surface area contributed by atoms with E-state index in [1.807, 2.05) is 39.8 Å². The fraction of sp³-hybridized carbons (Fsp3) is 0.571. The lowest BCUT2D eigenvalue weighted by molar-refractivity contribution is -0.123. The topological polar surface area (TPSA) is 77.2 Å². The average molecular weight is 265 g/mol. The second kappa shape index (κ2) is 7.09. The van der Waals surface area contributed by atoms with E-state index in [1.54, 1.807) is 6.20 Å². The molecule has 5 nitrogen and oxygen atoms in total. The van der Waals surface area contributed by atoms with Gasteiger partial charge < -0.3 is 15.8 Å². The van der Waals surface area contributed by atoms with E-state index in [2.05, 4.69) is 10.3 Å². The summed E-state index contributed by atoms with van der Waals surface area (Å²) < 4.78 is 5.59. The van der Waals surface area contributed by atoms with E-state index in [4.69, 9.17) is 10.5 Å². The van der Waals surface area contributed by atoms with Gasteiger partial charge in [0.2, 0.25) is 11.8 Å². The first-order chi connectivity index (χ1) is 8.91. The van der Waals surface area contributed by atoms with Crippen LogP contribution in [0.3, 0.4) is 0 Å². The maximum absolute atomic E-state index is 11.8. The van der Waals surface area contributed by atoms with Gasteiger partial charge in [0.05, 0.1) is 12.1 Å². The Morgan fingerprint density at radius 3 is 2.68 bits per heavy atom. The third-order valence-electron chi connectivity index (χ3n) is 2.67. The summed E-state index contributed by atoms with van der Waals surface area (Å²) in [7, 11) is 0. The molecule has 0 aliphatic carbocycles. The largest absolute Gasteiger partial charge is 0.475 e. The first-order valence-corrected chi connectivity index (χ1v) is 6.55. The van der Waals surface area contributed by atoms with Crippen molar-refractivity contribution in [3.63, 3.8) is 0 Å². The molecule has 106 valence electrons. The highest BCUT2D eigenvalue weighted by molar-refractivity contribution is 5.81. The van der Waals surface area contributed by atoms with E-state index in [1.165, 1.54) is 0 Å². The molecule has 0 bridgehead atoms. The summed E-state index contributed by atoms with van der Waals surface area (Å²) in [6, 6.07) is 3.20. The molecule has 0 fully saturated rings. The van der Waals surface area contributed by atoms with Gasteiger partial charge in [0.25, 0.3) is 0 Å². The molecular weight excluding hydrogens is 242 g/mol. The van der Waals surface area contributed by atoms with Gasteiger partial charge >= 0.3 is 0 Å². The van der Waals surface area contributed by atoms with Gasteiger partial charge in [-0.2, -0.15) is 0 Å². The Balaban J connectivity index is 2.65. The van der Waals surface area contributed by atoms with Gasteiger partial charge in [0.15, 0.2) is 0 Å². The van der Waals surface area contributed by atoms with Crippen LogP contribution in [0.1, 0.15) is 33.3 Å². The zero-order chi connectivity index (χ0) is 14.4. The van der Waals surface area contributed by atoms with Crippen LogP contribution in [-0.4, -0.2) is 23.0 Å². The summed E-state index contributed by atoms with van der Waals surface area (Å²) in [6.45, 7) is 8.08. The number of nitrogens with one attached hydrogen (secondary N) is 1. The summed E-state index contributed by atoms with van der Waals surface area (Å²) in [5.74, 6) is 0.505. The van der Waals surface area contributed by atoms with Crippen LogP contribution in [0.25, 0.3) is 0 Å². The molecule has 19 heavy (non-hydrogen) atoms. The zero-order valence-electron chi connectivity index (χ0n) is 12.0. The first kappa shape index (κ1) is 15.4. The molecule has 1 amide bonds. The Morgan fingerprint density at radius 2 is 2.11 bits per heavy atom. The van der Waals surface area contributed by atoms with E-state index in [-0.39, 0.29) is 17.9 Å². The molecule has 1 atom stereocenters. The highest BCUT2D eigenvalue weighted by Crippen LogP contribution is 2.15. The normalized spacial score (nSPS) is 12.6. The van der Waals surface area contributed by atoms with E-state index in [0.717, 1.165) is 5.56 Å². The molecule has 0 unspecified atom stereocenters. The molecule has 1 aromatic heterocycles. The Hall–Kier alpha value is -1.62. The van der Waals surface area contributed by atoms with Crippen LogP contribution in [0.5, 0.6) is 5.88 Å². The average Bonchev–Trinajstić information content (AvgIpc) is 2.35. The number of carbonyl (C=O) groups excluding carboxylic acids is 1. The fourth-order valence-corrected chi connectivity index (χ4v) is 1.49. The summed E-state index contributed by atoms with van der Waals surface area (Å²) in [5.41, 5.74) is 6.63. The number of amides is 1. The molecule has 3 N–H and O–H groups in total. The van der Waals surface area contributed by atoms with E-state index in [0.29, 0.717) is 12.4 Å². The number of nitrogens with zero attached hydrogens (tertiary/aromatic N) is 1. The van der Waals surface area contributed by atoms with E-state index < -0.39 is 6.04 Å². The van der Waals surface area contributed by atoms with Crippen LogP contribution in [0, 0.1) is 5.92 Å². The second-order valence-corrected chi connectivity index (χ2v) is 5.12. The second-order valence-electron chi connectivity index (χ2n) is 5.12. The van der Waals surface area contributed by atoms with Crippen molar-refractivity contribution in [1.82, 2.24) is 10.3 Å². The molecule has 0 aromatic carbocycles. The first-order valence-electron chi connectivity index (χ1n) is 6.55. The van der Waals surface area contributed by atoms with E-state index >= 15 is 0 Å². The molecule has 1 aromatic rings. The van der Waals surface area contributed by atoms with Crippen molar-refractivity contribution in [3.8, 4) is 5.88 Å². The Bertz CT molecular complexity index is 419. The third kappa shape index (κ3) is 4.87. The van der Waals surface area contributed by atoms with Crippen LogP contribution in [0.4, 0.5) is 0 Å². The van der Waals surface area contributed by atoms with Gasteiger partial charge in [0, 0.05) is 18.3 Å². The van der Waals surface area contributed by atoms with Crippen molar-refractivity contribution in [2.45, 2.75) is 46.4 Å². The van der Waals surface area contributed by atoms with Crippen molar-refractivity contribution < 1.29 is 9.53 Å². The maximum atomic E-state index is 11.8. The quantitative estimate of drug-likeness (QED) is 0.816. The van der Waals surface area contributed by atoms with Crippen molar-refractivity contribution in [2.24, 2.45) is 11.7 Å². The lowest BCUT2D eigenvalue weighted by Gasteiger charge is -2.17. The van der Waals surface area contributed by atoms with Crippen LogP contribution in [-0.2, 0) is 11.3 Å². The number of pyridine rings is 1. The number of aromatic nitrogens is 1. The lowest BCUT2D eigenvalue weighted by Crippen LogP contribution is -2.43. The number of rotatable bonds is 6. The molecular formula is C14H23N3O2. The van der Waals surface area contributed by atoms with Gasteiger partial charge in [-0.1, -0.05) is 19.9 Å². The summed E-state index contributed by atoms with van der Waals surface area (Å²) in [4.78, 5) is 16.0. The van der Waals surface area contributed by atoms with Crippen molar-refractivity contribution >= 4 is 5.91 Å². The number of ether oxygens (including phenoxy) is 1. The predicted molar refractivity (Wildman–Crippen MR) is 74.7 cm³/mol. The number of nitrogens with two attached hydrogens (primary N) is 1. The Kier molecular flexibility index (Phi) is 5.76. The minimum absolute atomic E-state index is 0.0438.